The molecule has 2 rings (SSSR count). The highest BCUT2D eigenvalue weighted by Gasteiger charge is 2.31. The number of hydrogen-bond acceptors (Lipinski definition) is 0. The minimum atomic E-state index is -4.26. The molecule has 0 atom stereocenters. The van der Waals surface area contributed by atoms with Gasteiger partial charge in [0.05, 0.1) is 5.56 Å². The fraction of sp³-hybridized carbons (Fsp3) is 0.200. The van der Waals surface area contributed by atoms with Gasteiger partial charge in [-0.3, -0.25) is 0 Å². The van der Waals surface area contributed by atoms with Crippen LogP contribution in [0, 0.1) is 0 Å². The molecule has 0 nitrogen and oxygen atoms in total. The number of hydrogen-bond donors (Lipinski definition) is 0. The number of rotatable bonds is 0. The van der Waals surface area contributed by atoms with E-state index >= 15 is 0 Å². The maximum absolute atomic E-state index is 12.4. The molecule has 0 unspecified atom stereocenters. The van der Waals surface area contributed by atoms with Crippen LogP contribution < -0.4 is 0 Å². The Kier molecular flexibility index (Phi) is 2.18. The first-order valence-corrected chi connectivity index (χ1v) is 4.84. The molecule has 0 amide bonds. The molecule has 0 heterocycles. The molecule has 1 aliphatic carbocycles. The summed E-state index contributed by atoms with van der Waals surface area (Å²) in [6, 6.07) is 2.33. The Morgan fingerprint density at radius 2 is 1.93 bits per heavy atom. The Hall–Kier alpha value is -0.770. The van der Waals surface area contributed by atoms with Gasteiger partial charge >= 0.3 is 6.18 Å². The molecule has 0 radical (unpaired) electrons. The molecular weight excluding hydrogens is 257 g/mol. The first kappa shape index (κ1) is 9.77. The van der Waals surface area contributed by atoms with Crippen molar-refractivity contribution in [2.45, 2.75) is 12.6 Å². The average Bonchev–Trinajstić information content (AvgIpc) is 2.50. The normalized spacial score (nSPS) is 14.6. The molecule has 0 spiro atoms. The van der Waals surface area contributed by atoms with Gasteiger partial charge in [0, 0.05) is 4.47 Å². The Labute approximate surface area is 87.6 Å². The number of alkyl halides is 3. The van der Waals surface area contributed by atoms with Crippen molar-refractivity contribution < 1.29 is 13.2 Å². The average molecular weight is 263 g/mol. The van der Waals surface area contributed by atoms with E-state index in [-0.39, 0.29) is 0 Å². The van der Waals surface area contributed by atoms with Crippen molar-refractivity contribution in [1.29, 1.82) is 0 Å². The summed E-state index contributed by atoms with van der Waals surface area (Å²) in [7, 11) is 0. The standard InChI is InChI=1S/C10H6BrF3/c11-9-5-7(10(12,13)14)4-6-2-1-3-8(6)9/h1,3-5H,2H2. The van der Waals surface area contributed by atoms with Gasteiger partial charge in [-0.25, -0.2) is 0 Å². The first-order valence-electron chi connectivity index (χ1n) is 4.04. The molecule has 14 heavy (non-hydrogen) atoms. The fourth-order valence-corrected chi connectivity index (χ4v) is 2.13. The second kappa shape index (κ2) is 3.12. The molecule has 0 saturated carbocycles. The molecule has 0 aromatic heterocycles. The van der Waals surface area contributed by atoms with Crippen LogP contribution in [0.2, 0.25) is 0 Å². The van der Waals surface area contributed by atoms with E-state index < -0.39 is 11.7 Å². The lowest BCUT2D eigenvalue weighted by atomic mass is 10.1. The molecule has 0 fully saturated rings. The molecule has 1 aromatic rings. The number of fused-ring (bicyclic) bond motifs is 1. The van der Waals surface area contributed by atoms with Crippen molar-refractivity contribution in [1.82, 2.24) is 0 Å². The summed E-state index contributed by atoms with van der Waals surface area (Å²) in [4.78, 5) is 0. The molecule has 0 N–H and O–H groups in total. The van der Waals surface area contributed by atoms with E-state index in [0.29, 0.717) is 10.9 Å². The van der Waals surface area contributed by atoms with Gasteiger partial charge in [-0.1, -0.05) is 28.1 Å². The van der Waals surface area contributed by atoms with Crippen LogP contribution in [0.3, 0.4) is 0 Å². The minimum Gasteiger partial charge on any atom is -0.166 e. The van der Waals surface area contributed by atoms with Crippen LogP contribution in [0.4, 0.5) is 13.2 Å². The fourth-order valence-electron chi connectivity index (χ4n) is 1.50. The molecule has 0 aliphatic heterocycles. The van der Waals surface area contributed by atoms with Crippen molar-refractivity contribution in [3.05, 3.63) is 39.4 Å². The van der Waals surface area contributed by atoms with Crippen LogP contribution in [-0.4, -0.2) is 0 Å². The second-order valence-electron chi connectivity index (χ2n) is 3.14. The van der Waals surface area contributed by atoms with Gasteiger partial charge in [-0.15, -0.1) is 0 Å². The quantitative estimate of drug-likeness (QED) is 0.662. The predicted molar refractivity (Wildman–Crippen MR) is 51.9 cm³/mol. The van der Waals surface area contributed by atoms with E-state index in [4.69, 9.17) is 0 Å². The maximum Gasteiger partial charge on any atom is 0.416 e. The zero-order valence-corrected chi connectivity index (χ0v) is 8.61. The Morgan fingerprint density at radius 3 is 2.57 bits per heavy atom. The Bertz CT molecular complexity index is 405. The highest BCUT2D eigenvalue weighted by atomic mass is 79.9. The van der Waals surface area contributed by atoms with E-state index in [0.717, 1.165) is 17.2 Å². The van der Waals surface area contributed by atoms with Gasteiger partial charge in [0.15, 0.2) is 0 Å². The monoisotopic (exact) mass is 262 g/mol. The minimum absolute atomic E-state index is 0.510. The second-order valence-corrected chi connectivity index (χ2v) is 3.99. The molecule has 74 valence electrons. The SMILES string of the molecule is FC(F)(F)c1cc(Br)c2c(c1)CC=C2. The van der Waals surface area contributed by atoms with Crippen LogP contribution in [0.15, 0.2) is 22.7 Å². The summed E-state index contributed by atoms with van der Waals surface area (Å²) in [5.74, 6) is 0. The van der Waals surface area contributed by atoms with Crippen LogP contribution >= 0.6 is 15.9 Å². The van der Waals surface area contributed by atoms with Crippen LogP contribution in [-0.2, 0) is 12.6 Å². The summed E-state index contributed by atoms with van der Waals surface area (Å²) in [6.07, 6.45) is 0.00709. The molecule has 1 aliphatic rings. The Morgan fingerprint density at radius 1 is 1.21 bits per heavy atom. The van der Waals surface area contributed by atoms with Crippen LogP contribution in [0.5, 0.6) is 0 Å². The zero-order chi connectivity index (χ0) is 10.3. The Balaban J connectivity index is 2.55. The summed E-state index contributed by atoms with van der Waals surface area (Å²) in [6.45, 7) is 0. The highest BCUT2D eigenvalue weighted by molar-refractivity contribution is 9.10. The highest BCUT2D eigenvalue weighted by Crippen LogP contribution is 2.36. The summed E-state index contributed by atoms with van der Waals surface area (Å²) in [5, 5.41) is 0. The lowest BCUT2D eigenvalue weighted by molar-refractivity contribution is -0.137. The van der Waals surface area contributed by atoms with Crippen molar-refractivity contribution in [3.63, 3.8) is 0 Å². The van der Waals surface area contributed by atoms with Crippen LogP contribution in [0.25, 0.3) is 6.08 Å². The van der Waals surface area contributed by atoms with Crippen LogP contribution in [0.1, 0.15) is 16.7 Å². The zero-order valence-electron chi connectivity index (χ0n) is 7.03. The molecule has 1 aromatic carbocycles. The molecular formula is C10H6BrF3. The summed E-state index contributed by atoms with van der Waals surface area (Å²) >= 11 is 3.14. The third kappa shape index (κ3) is 1.59. The summed E-state index contributed by atoms with van der Waals surface area (Å²) in [5.41, 5.74) is 0.997. The maximum atomic E-state index is 12.4. The van der Waals surface area contributed by atoms with Crippen molar-refractivity contribution in [3.8, 4) is 0 Å². The van der Waals surface area contributed by atoms with Gasteiger partial charge in [0.2, 0.25) is 0 Å². The van der Waals surface area contributed by atoms with E-state index in [2.05, 4.69) is 15.9 Å². The van der Waals surface area contributed by atoms with Gasteiger partial charge in [-0.05, 0) is 29.7 Å². The third-order valence-electron chi connectivity index (χ3n) is 2.16. The van der Waals surface area contributed by atoms with E-state index in [1.165, 1.54) is 6.07 Å². The number of halogens is 4. The van der Waals surface area contributed by atoms with E-state index in [1.807, 2.05) is 12.2 Å². The lowest BCUT2D eigenvalue weighted by Gasteiger charge is -2.10. The van der Waals surface area contributed by atoms with E-state index in [9.17, 15) is 13.2 Å². The largest absolute Gasteiger partial charge is 0.416 e. The first-order chi connectivity index (χ1) is 6.48. The van der Waals surface area contributed by atoms with E-state index in [1.54, 1.807) is 0 Å². The lowest BCUT2D eigenvalue weighted by Crippen LogP contribution is -2.06. The molecule has 0 bridgehead atoms. The summed E-state index contributed by atoms with van der Waals surface area (Å²) < 4.78 is 37.7. The molecule has 0 saturated heterocycles. The van der Waals surface area contributed by atoms with Crippen molar-refractivity contribution in [2.24, 2.45) is 0 Å². The van der Waals surface area contributed by atoms with Gasteiger partial charge in [-0.2, -0.15) is 13.2 Å². The number of benzene rings is 1. The topological polar surface area (TPSA) is 0 Å². The van der Waals surface area contributed by atoms with Crippen molar-refractivity contribution >= 4 is 22.0 Å². The molecule has 4 heteroatoms. The van der Waals surface area contributed by atoms with Gasteiger partial charge in [0.25, 0.3) is 0 Å². The number of allylic oxidation sites excluding steroid dienone is 1. The predicted octanol–water partition coefficient (Wildman–Crippen LogP) is 4.04. The van der Waals surface area contributed by atoms with Gasteiger partial charge < -0.3 is 0 Å². The third-order valence-corrected chi connectivity index (χ3v) is 2.82. The smallest absolute Gasteiger partial charge is 0.166 e. The van der Waals surface area contributed by atoms with Gasteiger partial charge in [0.1, 0.15) is 0 Å². The van der Waals surface area contributed by atoms with Crippen molar-refractivity contribution in [2.75, 3.05) is 0 Å².